The van der Waals surface area contributed by atoms with Gasteiger partial charge < -0.3 is 15.3 Å². The normalized spacial score (nSPS) is 18.9. The molecule has 0 radical (unpaired) electrons. The lowest BCUT2D eigenvalue weighted by molar-refractivity contribution is -0.141. The first-order valence-electron chi connectivity index (χ1n) is 16.8. The fourth-order valence-electron chi connectivity index (χ4n) is 7.02. The van der Waals surface area contributed by atoms with Crippen LogP contribution < -0.4 is 10.6 Å². The number of benzene rings is 2. The maximum absolute atomic E-state index is 15.3. The number of aromatic nitrogens is 2. The molecule has 7 rings (SSSR count). The number of thiazole rings is 1. The molecular formula is C36H34F4N6O5S. The number of alkyl halides is 3. The molecule has 4 amide bonds. The van der Waals surface area contributed by atoms with Crippen LogP contribution in [0.5, 0.6) is 0 Å². The molecule has 1 atom stereocenters. The first-order chi connectivity index (χ1) is 24.5. The SMILES string of the molecule is CC(C)(O)c1cc2nc(C3CCN(Cc4cc5c(cc4F)C(=O)N(C4CCC(=O)NC4=O)C5)CC3)sc2cc1NC(=O)c1cccc(C(F)(F)F)n1. The highest BCUT2D eigenvalue weighted by molar-refractivity contribution is 7.18. The molecule has 3 aliphatic rings. The van der Waals surface area contributed by atoms with Crippen LogP contribution in [0.15, 0.2) is 42.5 Å². The van der Waals surface area contributed by atoms with Crippen molar-refractivity contribution in [2.24, 2.45) is 0 Å². The summed E-state index contributed by atoms with van der Waals surface area (Å²) in [7, 11) is 0. The number of anilines is 1. The number of likely N-dealkylation sites (tertiary alicyclic amines) is 1. The standard InChI is InChI=1S/C36H34F4N6O5S/c1-35(2,51)22-14-26-28(15-25(22)42-31(48)24-4-3-5-29(41-24)36(38,39)40)52-33(43-26)18-8-10-45(11-9-18)16-20-12-19-17-46(34(50)21(19)13-23(20)37)27-6-7-30(47)44-32(27)49/h3-5,12-15,18,27,51H,6-11,16-17H2,1-2H3,(H,42,48)(H,44,47,49). The largest absolute Gasteiger partial charge is 0.433 e. The number of nitrogens with zero attached hydrogens (tertiary/aromatic N) is 4. The van der Waals surface area contributed by atoms with E-state index in [4.69, 9.17) is 4.98 Å². The van der Waals surface area contributed by atoms with Gasteiger partial charge in [0.05, 0.1) is 20.8 Å². The van der Waals surface area contributed by atoms with Crippen molar-refractivity contribution >= 4 is 50.9 Å². The maximum Gasteiger partial charge on any atom is 0.433 e. The number of fused-ring (bicyclic) bond motifs is 2. The summed E-state index contributed by atoms with van der Waals surface area (Å²) >= 11 is 1.43. The molecule has 5 heterocycles. The lowest BCUT2D eigenvalue weighted by atomic mass is 9.95. The number of pyridine rings is 1. The molecule has 2 saturated heterocycles. The Morgan fingerprint density at radius 1 is 1.06 bits per heavy atom. The monoisotopic (exact) mass is 738 g/mol. The van der Waals surface area contributed by atoms with E-state index < -0.39 is 52.7 Å². The Morgan fingerprint density at radius 2 is 1.81 bits per heavy atom. The van der Waals surface area contributed by atoms with E-state index in [2.05, 4.69) is 20.5 Å². The van der Waals surface area contributed by atoms with Crippen LogP contribution >= 0.6 is 11.3 Å². The van der Waals surface area contributed by atoms with Crippen molar-refractivity contribution in [2.45, 2.75) is 76.4 Å². The Hall–Kier alpha value is -4.80. The molecule has 272 valence electrons. The van der Waals surface area contributed by atoms with Crippen LogP contribution in [-0.4, -0.2) is 67.6 Å². The summed E-state index contributed by atoms with van der Waals surface area (Å²) in [5.74, 6) is -2.59. The number of amides is 4. The molecule has 11 nitrogen and oxygen atoms in total. The number of carbonyl (C=O) groups is 4. The van der Waals surface area contributed by atoms with Gasteiger partial charge in [-0.1, -0.05) is 6.07 Å². The molecule has 0 bridgehead atoms. The van der Waals surface area contributed by atoms with Gasteiger partial charge in [0.15, 0.2) is 0 Å². The molecule has 2 aromatic carbocycles. The van der Waals surface area contributed by atoms with Crippen molar-refractivity contribution in [3.8, 4) is 0 Å². The lowest BCUT2D eigenvalue weighted by Crippen LogP contribution is -2.52. The van der Waals surface area contributed by atoms with Crippen molar-refractivity contribution in [3.63, 3.8) is 0 Å². The number of piperidine rings is 2. The molecule has 2 aromatic heterocycles. The summed E-state index contributed by atoms with van der Waals surface area (Å²) in [5, 5.41) is 16.7. The van der Waals surface area contributed by atoms with Gasteiger partial charge in [-0.2, -0.15) is 13.2 Å². The zero-order valence-corrected chi connectivity index (χ0v) is 29.0. The molecular weight excluding hydrogens is 704 g/mol. The quantitative estimate of drug-likeness (QED) is 0.167. The molecule has 3 aliphatic heterocycles. The predicted octanol–water partition coefficient (Wildman–Crippen LogP) is 5.47. The Balaban J connectivity index is 1.03. The summed E-state index contributed by atoms with van der Waals surface area (Å²) < 4.78 is 55.6. The number of nitrogens with one attached hydrogen (secondary N) is 2. The van der Waals surface area contributed by atoms with Gasteiger partial charge in [0.1, 0.15) is 23.2 Å². The van der Waals surface area contributed by atoms with E-state index in [1.165, 1.54) is 42.2 Å². The summed E-state index contributed by atoms with van der Waals surface area (Å²) in [5.41, 5.74) is -0.542. The van der Waals surface area contributed by atoms with Crippen LogP contribution in [-0.2, 0) is 34.5 Å². The Labute approximate surface area is 299 Å². The minimum Gasteiger partial charge on any atom is -0.386 e. The third-order valence-corrected chi connectivity index (χ3v) is 10.9. The first kappa shape index (κ1) is 35.6. The van der Waals surface area contributed by atoms with E-state index in [-0.39, 0.29) is 42.5 Å². The number of rotatable bonds is 7. The third kappa shape index (κ3) is 7.01. The highest BCUT2D eigenvalue weighted by Gasteiger charge is 2.40. The summed E-state index contributed by atoms with van der Waals surface area (Å²) in [6.45, 7) is 4.86. The van der Waals surface area contributed by atoms with Gasteiger partial charge in [-0.15, -0.1) is 11.3 Å². The van der Waals surface area contributed by atoms with Crippen molar-refractivity contribution in [1.82, 2.24) is 25.1 Å². The second kappa shape index (κ2) is 13.3. The predicted molar refractivity (Wildman–Crippen MR) is 182 cm³/mol. The topological polar surface area (TPSA) is 145 Å². The van der Waals surface area contributed by atoms with Crippen LogP contribution in [0.4, 0.5) is 23.2 Å². The van der Waals surface area contributed by atoms with Crippen molar-refractivity contribution < 1.29 is 41.8 Å². The lowest BCUT2D eigenvalue weighted by Gasteiger charge is -2.31. The summed E-state index contributed by atoms with van der Waals surface area (Å²) in [4.78, 5) is 61.9. The summed E-state index contributed by atoms with van der Waals surface area (Å²) in [6, 6.07) is 8.55. The third-order valence-electron chi connectivity index (χ3n) is 9.75. The minimum atomic E-state index is -4.72. The molecule has 4 aromatic rings. The number of hydrogen-bond donors (Lipinski definition) is 3. The molecule has 52 heavy (non-hydrogen) atoms. The van der Waals surface area contributed by atoms with E-state index >= 15 is 4.39 Å². The number of aliphatic hydroxyl groups is 1. The molecule has 2 fully saturated rings. The van der Waals surface area contributed by atoms with Gasteiger partial charge in [0.25, 0.3) is 11.8 Å². The molecule has 0 spiro atoms. The van der Waals surface area contributed by atoms with Gasteiger partial charge in [-0.25, -0.2) is 14.4 Å². The molecule has 0 saturated carbocycles. The maximum atomic E-state index is 15.3. The number of hydrogen-bond acceptors (Lipinski definition) is 9. The van der Waals surface area contributed by atoms with Crippen molar-refractivity contribution in [1.29, 1.82) is 0 Å². The fourth-order valence-corrected chi connectivity index (χ4v) is 8.18. The second-order valence-electron chi connectivity index (χ2n) is 13.9. The van der Waals surface area contributed by atoms with Gasteiger partial charge in [0.2, 0.25) is 11.8 Å². The smallest absolute Gasteiger partial charge is 0.386 e. The Bertz CT molecular complexity index is 2120. The van der Waals surface area contributed by atoms with Gasteiger partial charge in [-0.05, 0) is 88.2 Å². The van der Waals surface area contributed by atoms with Crippen LogP contribution in [0.25, 0.3) is 10.2 Å². The molecule has 3 N–H and O–H groups in total. The van der Waals surface area contributed by atoms with Crippen LogP contribution in [0.2, 0.25) is 0 Å². The number of halogens is 4. The number of imide groups is 1. The summed E-state index contributed by atoms with van der Waals surface area (Å²) in [6.07, 6.45) is -2.89. The average Bonchev–Trinajstić information content (AvgIpc) is 3.64. The van der Waals surface area contributed by atoms with Crippen LogP contribution in [0.3, 0.4) is 0 Å². The van der Waals surface area contributed by atoms with E-state index in [0.717, 1.165) is 34.7 Å². The first-order valence-corrected chi connectivity index (χ1v) is 17.6. The van der Waals surface area contributed by atoms with E-state index in [1.807, 2.05) is 0 Å². The van der Waals surface area contributed by atoms with Gasteiger partial charge >= 0.3 is 6.18 Å². The van der Waals surface area contributed by atoms with Crippen molar-refractivity contribution in [2.75, 3.05) is 18.4 Å². The van der Waals surface area contributed by atoms with Gasteiger partial charge in [-0.3, -0.25) is 29.4 Å². The highest BCUT2D eigenvalue weighted by atomic mass is 32.1. The van der Waals surface area contributed by atoms with E-state index in [9.17, 15) is 37.5 Å². The fraction of sp³-hybridized carbons (Fsp3) is 0.389. The average molecular weight is 739 g/mol. The number of carbonyl (C=O) groups excluding carboxylic acids is 4. The highest BCUT2D eigenvalue weighted by Crippen LogP contribution is 2.39. The minimum absolute atomic E-state index is 0.0937. The van der Waals surface area contributed by atoms with Gasteiger partial charge in [0, 0.05) is 47.8 Å². The zero-order valence-electron chi connectivity index (χ0n) is 28.1. The second-order valence-corrected chi connectivity index (χ2v) is 14.9. The van der Waals surface area contributed by atoms with E-state index in [0.29, 0.717) is 41.8 Å². The molecule has 0 aliphatic carbocycles. The molecule has 1 unspecified atom stereocenters. The van der Waals surface area contributed by atoms with Crippen LogP contribution in [0.1, 0.15) is 93.7 Å². The Morgan fingerprint density at radius 3 is 2.50 bits per heavy atom. The Kier molecular flexibility index (Phi) is 9.11. The van der Waals surface area contributed by atoms with Crippen molar-refractivity contribution in [3.05, 3.63) is 86.9 Å². The van der Waals surface area contributed by atoms with E-state index in [1.54, 1.807) is 18.2 Å². The zero-order chi connectivity index (χ0) is 37.1. The van der Waals surface area contributed by atoms with Crippen LogP contribution in [0, 0.1) is 5.82 Å². The molecule has 16 heteroatoms.